The molecule has 0 radical (unpaired) electrons. The minimum absolute atomic E-state index is 0.181. The van der Waals surface area contributed by atoms with Crippen LogP contribution >= 0.6 is 0 Å². The standard InChI is InChI=1S/C37H60N4O2/c1-3-5-7-8-9-10-11-12-13-14-15-16-17-18-19-27-35(42)39-28-22-23-29-43-41-34(26-6-4-2)40-36-33(38)30-31-24-20-21-25-32(31)37(36)41/h20-21,24-25,30H,3-19,22-23,26-29,38H2,1-2H3,(H,39,42). The number of unbranched alkanes of at least 4 members (excludes halogenated alkanes) is 16. The molecule has 0 aliphatic rings. The first-order valence-electron chi connectivity index (χ1n) is 17.7. The molecule has 6 nitrogen and oxygen atoms in total. The van der Waals surface area contributed by atoms with Gasteiger partial charge in [0.15, 0.2) is 0 Å². The third kappa shape index (κ3) is 12.4. The number of nitrogens with one attached hydrogen (secondary N) is 1. The number of carbonyl (C=O) groups is 1. The van der Waals surface area contributed by atoms with Crippen LogP contribution < -0.4 is 15.9 Å². The molecule has 0 fully saturated rings. The van der Waals surface area contributed by atoms with Crippen molar-refractivity contribution in [3.63, 3.8) is 0 Å². The topological polar surface area (TPSA) is 82.2 Å². The second kappa shape index (κ2) is 21.0. The molecule has 0 aliphatic carbocycles. The largest absolute Gasteiger partial charge is 0.412 e. The Kier molecular flexibility index (Phi) is 17.0. The van der Waals surface area contributed by atoms with Crippen LogP contribution in [0.15, 0.2) is 30.3 Å². The number of aryl methyl sites for hydroxylation is 1. The van der Waals surface area contributed by atoms with E-state index in [1.165, 1.54) is 83.5 Å². The van der Waals surface area contributed by atoms with Gasteiger partial charge in [-0.05, 0) is 37.1 Å². The van der Waals surface area contributed by atoms with E-state index in [9.17, 15) is 4.79 Å². The van der Waals surface area contributed by atoms with Crippen molar-refractivity contribution in [2.45, 2.75) is 149 Å². The molecule has 240 valence electrons. The van der Waals surface area contributed by atoms with Crippen LogP contribution in [-0.2, 0) is 11.2 Å². The number of imidazole rings is 1. The lowest BCUT2D eigenvalue weighted by molar-refractivity contribution is -0.121. The molecule has 1 amide bonds. The second-order valence-electron chi connectivity index (χ2n) is 12.4. The Labute approximate surface area is 261 Å². The molecule has 3 aromatic rings. The summed E-state index contributed by atoms with van der Waals surface area (Å²) in [5.74, 6) is 1.11. The fraction of sp³-hybridized carbons (Fsp3) is 0.676. The molecular weight excluding hydrogens is 532 g/mol. The van der Waals surface area contributed by atoms with Gasteiger partial charge in [0.1, 0.15) is 23.5 Å². The molecule has 2 aromatic carbocycles. The average molecular weight is 593 g/mol. The van der Waals surface area contributed by atoms with Crippen molar-refractivity contribution < 1.29 is 9.63 Å². The van der Waals surface area contributed by atoms with E-state index >= 15 is 0 Å². The zero-order chi connectivity index (χ0) is 30.5. The molecule has 3 N–H and O–H groups in total. The smallest absolute Gasteiger partial charge is 0.219 e. The number of aromatic nitrogens is 2. The Balaban J connectivity index is 1.23. The lowest BCUT2D eigenvalue weighted by atomic mass is 10.0. The first-order valence-corrected chi connectivity index (χ1v) is 17.7. The SMILES string of the molecule is CCCCCCCCCCCCCCCCCC(=O)NCCCCOn1c(CCCC)nc2c(N)cc3ccccc3c21. The number of hydrogen-bond donors (Lipinski definition) is 2. The number of rotatable bonds is 25. The summed E-state index contributed by atoms with van der Waals surface area (Å²) in [6.07, 6.45) is 25.5. The normalized spacial score (nSPS) is 11.5. The highest BCUT2D eigenvalue weighted by Gasteiger charge is 2.17. The van der Waals surface area contributed by atoms with Gasteiger partial charge in [-0.1, -0.05) is 134 Å². The molecule has 0 spiro atoms. The van der Waals surface area contributed by atoms with Gasteiger partial charge in [0.05, 0.1) is 5.69 Å². The first-order chi connectivity index (χ1) is 21.2. The van der Waals surface area contributed by atoms with Crippen LogP contribution in [0.25, 0.3) is 21.8 Å². The quantitative estimate of drug-likeness (QED) is 0.0758. The van der Waals surface area contributed by atoms with Gasteiger partial charge in [0, 0.05) is 24.8 Å². The molecule has 0 bridgehead atoms. The molecule has 0 aliphatic heterocycles. The van der Waals surface area contributed by atoms with E-state index in [4.69, 9.17) is 15.6 Å². The number of nitrogens with zero attached hydrogens (tertiary/aromatic N) is 2. The number of nitrogens with two attached hydrogens (primary N) is 1. The van der Waals surface area contributed by atoms with E-state index in [0.29, 0.717) is 25.3 Å². The van der Waals surface area contributed by atoms with Gasteiger partial charge >= 0.3 is 0 Å². The van der Waals surface area contributed by atoms with Crippen LogP contribution in [0.5, 0.6) is 0 Å². The van der Waals surface area contributed by atoms with Crippen LogP contribution in [0.1, 0.15) is 148 Å². The number of nitrogen functional groups attached to an aromatic ring is 1. The molecule has 43 heavy (non-hydrogen) atoms. The zero-order valence-electron chi connectivity index (χ0n) is 27.4. The highest BCUT2D eigenvalue weighted by atomic mass is 16.7. The third-order valence-corrected chi connectivity index (χ3v) is 8.58. The van der Waals surface area contributed by atoms with Crippen LogP contribution in [0, 0.1) is 0 Å². The van der Waals surface area contributed by atoms with E-state index in [1.54, 1.807) is 0 Å². The van der Waals surface area contributed by atoms with E-state index in [0.717, 1.165) is 72.6 Å². The summed E-state index contributed by atoms with van der Waals surface area (Å²) < 4.78 is 1.92. The summed E-state index contributed by atoms with van der Waals surface area (Å²) in [7, 11) is 0. The summed E-state index contributed by atoms with van der Waals surface area (Å²) in [5, 5.41) is 5.29. The molecule has 0 unspecified atom stereocenters. The monoisotopic (exact) mass is 592 g/mol. The van der Waals surface area contributed by atoms with Crippen molar-refractivity contribution in [3.05, 3.63) is 36.2 Å². The number of benzene rings is 2. The van der Waals surface area contributed by atoms with Gasteiger partial charge in [-0.3, -0.25) is 4.79 Å². The Morgan fingerprint density at radius 1 is 0.791 bits per heavy atom. The number of carbonyl (C=O) groups excluding carboxylic acids is 1. The second-order valence-corrected chi connectivity index (χ2v) is 12.4. The lowest BCUT2D eigenvalue weighted by Crippen LogP contribution is -2.24. The fourth-order valence-corrected chi connectivity index (χ4v) is 5.95. The van der Waals surface area contributed by atoms with Crippen molar-refractivity contribution in [1.29, 1.82) is 0 Å². The number of hydrogen-bond acceptors (Lipinski definition) is 4. The molecule has 0 saturated carbocycles. The summed E-state index contributed by atoms with van der Waals surface area (Å²) in [6.45, 7) is 5.74. The van der Waals surface area contributed by atoms with Crippen molar-refractivity contribution in [3.8, 4) is 0 Å². The van der Waals surface area contributed by atoms with Gasteiger partial charge in [0.25, 0.3) is 0 Å². The summed E-state index contributed by atoms with van der Waals surface area (Å²) in [6, 6.07) is 10.3. The molecule has 0 atom stereocenters. The molecule has 6 heteroatoms. The van der Waals surface area contributed by atoms with Crippen LogP contribution in [0.3, 0.4) is 0 Å². The highest BCUT2D eigenvalue weighted by molar-refractivity contribution is 6.09. The number of amides is 1. The Bertz CT molecular complexity index is 1190. The maximum absolute atomic E-state index is 12.3. The summed E-state index contributed by atoms with van der Waals surface area (Å²) >= 11 is 0. The molecular formula is C37H60N4O2. The van der Waals surface area contributed by atoms with Crippen LogP contribution in [0.4, 0.5) is 5.69 Å². The van der Waals surface area contributed by atoms with Crippen molar-refractivity contribution >= 4 is 33.4 Å². The van der Waals surface area contributed by atoms with Crippen LogP contribution in [-0.4, -0.2) is 28.8 Å². The van der Waals surface area contributed by atoms with E-state index < -0.39 is 0 Å². The van der Waals surface area contributed by atoms with Gasteiger partial charge in [0.2, 0.25) is 5.91 Å². The highest BCUT2D eigenvalue weighted by Crippen LogP contribution is 2.31. The number of fused-ring (bicyclic) bond motifs is 3. The average Bonchev–Trinajstić information content (AvgIpc) is 3.38. The predicted molar refractivity (Wildman–Crippen MR) is 184 cm³/mol. The first kappa shape index (κ1) is 34.7. The third-order valence-electron chi connectivity index (χ3n) is 8.58. The minimum Gasteiger partial charge on any atom is -0.412 e. The maximum atomic E-state index is 12.3. The Hall–Kier alpha value is -2.76. The fourth-order valence-electron chi connectivity index (χ4n) is 5.95. The lowest BCUT2D eigenvalue weighted by Gasteiger charge is -2.13. The summed E-state index contributed by atoms with van der Waals surface area (Å²) in [4.78, 5) is 23.5. The van der Waals surface area contributed by atoms with Crippen molar-refractivity contribution in [2.75, 3.05) is 18.9 Å². The van der Waals surface area contributed by atoms with E-state index in [1.807, 2.05) is 22.9 Å². The summed E-state index contributed by atoms with van der Waals surface area (Å²) in [5.41, 5.74) is 8.85. The van der Waals surface area contributed by atoms with Gasteiger partial charge < -0.3 is 15.9 Å². The van der Waals surface area contributed by atoms with Gasteiger partial charge in [-0.25, -0.2) is 4.98 Å². The van der Waals surface area contributed by atoms with Crippen molar-refractivity contribution in [1.82, 2.24) is 15.0 Å². The van der Waals surface area contributed by atoms with E-state index in [-0.39, 0.29) is 5.91 Å². The van der Waals surface area contributed by atoms with Crippen molar-refractivity contribution in [2.24, 2.45) is 0 Å². The van der Waals surface area contributed by atoms with E-state index in [2.05, 4.69) is 31.3 Å². The van der Waals surface area contributed by atoms with Gasteiger partial charge in [-0.2, -0.15) is 4.73 Å². The Morgan fingerprint density at radius 3 is 2.05 bits per heavy atom. The van der Waals surface area contributed by atoms with Gasteiger partial charge in [-0.15, -0.1) is 0 Å². The molecule has 3 rings (SSSR count). The number of anilines is 1. The van der Waals surface area contributed by atoms with Crippen LogP contribution in [0.2, 0.25) is 0 Å². The predicted octanol–water partition coefficient (Wildman–Crippen LogP) is 9.70. The molecule has 1 aromatic heterocycles. The molecule has 1 heterocycles. The zero-order valence-corrected chi connectivity index (χ0v) is 27.4. The minimum atomic E-state index is 0.181. The Morgan fingerprint density at radius 2 is 1.40 bits per heavy atom. The maximum Gasteiger partial charge on any atom is 0.219 e. The molecule has 0 saturated heterocycles.